The minimum atomic E-state index is -0.369. The normalized spacial score (nSPS) is 15.0. The van der Waals surface area contributed by atoms with Gasteiger partial charge in [-0.3, -0.25) is 0 Å². The first-order chi connectivity index (χ1) is 14.6. The first kappa shape index (κ1) is 29.7. The van der Waals surface area contributed by atoms with Crippen LogP contribution in [0.3, 0.4) is 0 Å². The van der Waals surface area contributed by atoms with E-state index in [1.54, 1.807) is 0 Å². The van der Waals surface area contributed by atoms with E-state index in [0.717, 1.165) is 17.9 Å². The first-order valence-electron chi connectivity index (χ1n) is 12.5. The summed E-state index contributed by atoms with van der Waals surface area (Å²) in [6.07, 6.45) is 21.7. The Labute approximate surface area is 195 Å². The van der Waals surface area contributed by atoms with Crippen LogP contribution in [0.15, 0.2) is 58.7 Å². The molecule has 1 nitrogen and oxygen atoms in total. The maximum atomic E-state index is 9.97. The molecule has 0 bridgehead atoms. The van der Waals surface area contributed by atoms with Crippen molar-refractivity contribution >= 4 is 0 Å². The molecule has 1 N–H and O–H groups in total. The van der Waals surface area contributed by atoms with Gasteiger partial charge in [0.1, 0.15) is 0 Å². The van der Waals surface area contributed by atoms with Crippen LogP contribution >= 0.6 is 0 Å². The van der Waals surface area contributed by atoms with Gasteiger partial charge in [0.2, 0.25) is 0 Å². The Bertz CT molecular complexity index is 610. The minimum absolute atomic E-state index is 0.369. The van der Waals surface area contributed by atoms with E-state index in [-0.39, 0.29) is 6.10 Å². The zero-order valence-electron chi connectivity index (χ0n) is 21.9. The van der Waals surface area contributed by atoms with Gasteiger partial charge in [-0.05, 0) is 105 Å². The molecular formula is C30H52O. The number of rotatable bonds is 17. The fraction of sp³-hybridized carbons (Fsp3) is 0.667. The van der Waals surface area contributed by atoms with Crippen molar-refractivity contribution in [1.29, 1.82) is 0 Å². The highest BCUT2D eigenvalue weighted by Crippen LogP contribution is 2.19. The quantitative estimate of drug-likeness (QED) is 0.180. The van der Waals surface area contributed by atoms with Gasteiger partial charge in [-0.15, -0.1) is 6.58 Å². The second-order valence-electron chi connectivity index (χ2n) is 10.1. The van der Waals surface area contributed by atoms with Crippen molar-refractivity contribution < 1.29 is 5.11 Å². The molecule has 31 heavy (non-hydrogen) atoms. The lowest BCUT2D eigenvalue weighted by Crippen LogP contribution is -2.03. The van der Waals surface area contributed by atoms with Gasteiger partial charge in [-0.1, -0.05) is 71.9 Å². The molecule has 0 aromatic carbocycles. The lowest BCUT2D eigenvalue weighted by molar-refractivity contribution is 0.222. The van der Waals surface area contributed by atoms with Crippen LogP contribution < -0.4 is 0 Å². The minimum Gasteiger partial charge on any atom is -0.389 e. The van der Waals surface area contributed by atoms with Crippen molar-refractivity contribution in [3.05, 3.63) is 58.7 Å². The molecule has 0 aliphatic rings. The molecule has 0 rings (SSSR count). The molecule has 2 atom stereocenters. The molecule has 0 heterocycles. The number of unbranched alkanes of at least 4 members (excludes halogenated alkanes) is 1. The van der Waals surface area contributed by atoms with Gasteiger partial charge in [0.25, 0.3) is 0 Å². The summed E-state index contributed by atoms with van der Waals surface area (Å²) in [5.74, 6) is 0.785. The second-order valence-corrected chi connectivity index (χ2v) is 10.1. The van der Waals surface area contributed by atoms with Crippen LogP contribution in [-0.4, -0.2) is 11.2 Å². The van der Waals surface area contributed by atoms with Gasteiger partial charge in [-0.25, -0.2) is 0 Å². The summed E-state index contributed by atoms with van der Waals surface area (Å²) in [6, 6.07) is 0. The molecule has 0 spiro atoms. The second kappa shape index (κ2) is 18.3. The molecule has 0 saturated carbocycles. The molecule has 0 saturated heterocycles. The van der Waals surface area contributed by atoms with Crippen LogP contribution in [0.2, 0.25) is 0 Å². The van der Waals surface area contributed by atoms with Crippen molar-refractivity contribution in [3.63, 3.8) is 0 Å². The Morgan fingerprint density at radius 3 is 1.87 bits per heavy atom. The summed E-state index contributed by atoms with van der Waals surface area (Å²) in [5.41, 5.74) is 6.82. The SMILES string of the molecule is C=C(C)C[C@@H](O)C=C(C)CCC[C@H](C)CCCC=C(C)CCC=C(C)CCC=C(C)C. The molecule has 1 heteroatoms. The molecule has 0 unspecified atom stereocenters. The average molecular weight is 429 g/mol. The summed E-state index contributed by atoms with van der Waals surface area (Å²) in [5, 5.41) is 9.97. The van der Waals surface area contributed by atoms with Gasteiger partial charge in [0.05, 0.1) is 6.10 Å². The average Bonchev–Trinajstić information content (AvgIpc) is 2.64. The molecule has 0 aliphatic heterocycles. The van der Waals surface area contributed by atoms with Crippen LogP contribution in [0.5, 0.6) is 0 Å². The Morgan fingerprint density at radius 2 is 1.29 bits per heavy atom. The topological polar surface area (TPSA) is 20.2 Å². The van der Waals surface area contributed by atoms with Crippen molar-refractivity contribution in [2.75, 3.05) is 0 Å². The van der Waals surface area contributed by atoms with E-state index in [4.69, 9.17) is 0 Å². The van der Waals surface area contributed by atoms with E-state index in [9.17, 15) is 5.11 Å². The maximum Gasteiger partial charge on any atom is 0.0760 e. The summed E-state index contributed by atoms with van der Waals surface area (Å²) >= 11 is 0. The van der Waals surface area contributed by atoms with E-state index < -0.39 is 0 Å². The first-order valence-corrected chi connectivity index (χ1v) is 12.5. The number of aliphatic hydroxyl groups excluding tert-OH is 1. The van der Waals surface area contributed by atoms with Crippen LogP contribution in [-0.2, 0) is 0 Å². The van der Waals surface area contributed by atoms with Crippen LogP contribution in [0, 0.1) is 5.92 Å². The Morgan fingerprint density at radius 1 is 0.742 bits per heavy atom. The number of hydrogen-bond acceptors (Lipinski definition) is 1. The molecule has 0 amide bonds. The number of hydrogen-bond donors (Lipinski definition) is 1. The molecule has 0 aromatic heterocycles. The predicted octanol–water partition coefficient (Wildman–Crippen LogP) is 9.66. The molecule has 0 aromatic rings. The van der Waals surface area contributed by atoms with Crippen molar-refractivity contribution in [2.45, 2.75) is 125 Å². The van der Waals surface area contributed by atoms with Gasteiger partial charge >= 0.3 is 0 Å². The highest BCUT2D eigenvalue weighted by molar-refractivity contribution is 5.06. The van der Waals surface area contributed by atoms with Crippen LogP contribution in [0.1, 0.15) is 119 Å². The van der Waals surface area contributed by atoms with Crippen LogP contribution in [0.25, 0.3) is 0 Å². The number of aliphatic hydroxyl groups is 1. The van der Waals surface area contributed by atoms with Gasteiger partial charge in [-0.2, -0.15) is 0 Å². The Kier molecular flexibility index (Phi) is 17.5. The summed E-state index contributed by atoms with van der Waals surface area (Å²) < 4.78 is 0. The molecule has 178 valence electrons. The molecule has 0 radical (unpaired) electrons. The molecular weight excluding hydrogens is 376 g/mol. The largest absolute Gasteiger partial charge is 0.389 e. The van der Waals surface area contributed by atoms with Crippen molar-refractivity contribution in [2.24, 2.45) is 5.92 Å². The Balaban J connectivity index is 3.94. The lowest BCUT2D eigenvalue weighted by Gasteiger charge is -2.12. The van der Waals surface area contributed by atoms with E-state index in [2.05, 4.69) is 66.3 Å². The van der Waals surface area contributed by atoms with Gasteiger partial charge < -0.3 is 5.11 Å². The lowest BCUT2D eigenvalue weighted by atomic mass is 9.95. The molecule has 0 fully saturated rings. The van der Waals surface area contributed by atoms with E-state index in [0.29, 0.717) is 6.42 Å². The summed E-state index contributed by atoms with van der Waals surface area (Å²) in [7, 11) is 0. The Hall–Kier alpha value is -1.34. The van der Waals surface area contributed by atoms with Gasteiger partial charge in [0.15, 0.2) is 0 Å². The third-order valence-corrected chi connectivity index (χ3v) is 5.82. The zero-order valence-corrected chi connectivity index (χ0v) is 21.9. The van der Waals surface area contributed by atoms with E-state index in [1.165, 1.54) is 80.1 Å². The van der Waals surface area contributed by atoms with Gasteiger partial charge in [0, 0.05) is 0 Å². The highest BCUT2D eigenvalue weighted by Gasteiger charge is 2.04. The standard InChI is InChI=1S/C30H52O/c1-24(2)14-11-17-28(7)19-12-18-26(5)15-9-10-16-27(6)20-13-21-29(8)23-30(31)22-25(3)4/h14-15,19,23,27,30-31H,3,9-13,16-18,20-22H2,1-2,4-8H3/t27-,30-/m1/s1. The number of allylic oxidation sites excluding steroid dienone is 7. The molecule has 0 aliphatic carbocycles. The summed E-state index contributed by atoms with van der Waals surface area (Å²) in [6.45, 7) is 19.3. The third kappa shape index (κ3) is 20.3. The fourth-order valence-electron chi connectivity index (χ4n) is 3.86. The monoisotopic (exact) mass is 428 g/mol. The smallest absolute Gasteiger partial charge is 0.0760 e. The van der Waals surface area contributed by atoms with Crippen molar-refractivity contribution in [3.8, 4) is 0 Å². The predicted molar refractivity (Wildman–Crippen MR) is 141 cm³/mol. The van der Waals surface area contributed by atoms with E-state index >= 15 is 0 Å². The maximum absolute atomic E-state index is 9.97. The third-order valence-electron chi connectivity index (χ3n) is 5.82. The fourth-order valence-corrected chi connectivity index (χ4v) is 3.86. The van der Waals surface area contributed by atoms with Crippen LogP contribution in [0.4, 0.5) is 0 Å². The summed E-state index contributed by atoms with van der Waals surface area (Å²) in [4.78, 5) is 0. The highest BCUT2D eigenvalue weighted by atomic mass is 16.3. The zero-order chi connectivity index (χ0) is 23.6. The van der Waals surface area contributed by atoms with E-state index in [1.807, 2.05) is 13.0 Å². The van der Waals surface area contributed by atoms with Crippen molar-refractivity contribution in [1.82, 2.24) is 0 Å².